The number of halogens is 2. The van der Waals surface area contributed by atoms with Crippen LogP contribution in [-0.4, -0.2) is 18.6 Å². The minimum atomic E-state index is -0.416. The van der Waals surface area contributed by atoms with Crippen molar-refractivity contribution < 1.29 is 9.53 Å². The van der Waals surface area contributed by atoms with Crippen LogP contribution in [0.25, 0.3) is 0 Å². The summed E-state index contributed by atoms with van der Waals surface area (Å²) in [4.78, 5) is 11.7. The average Bonchev–Trinajstić information content (AvgIpc) is 2.32. The molecule has 0 amide bonds. The number of anilines is 1. The maximum atomic E-state index is 11.7. The lowest BCUT2D eigenvalue weighted by atomic mass is 10.2. The van der Waals surface area contributed by atoms with Gasteiger partial charge in [-0.25, -0.2) is 4.79 Å². The van der Waals surface area contributed by atoms with Gasteiger partial charge in [-0.1, -0.05) is 30.1 Å². The van der Waals surface area contributed by atoms with Crippen LogP contribution in [0.2, 0.25) is 10.0 Å². The zero-order valence-corrected chi connectivity index (χ0v) is 12.2. The zero-order valence-electron chi connectivity index (χ0n) is 10.7. The summed E-state index contributed by atoms with van der Waals surface area (Å²) >= 11 is 12.1. The fourth-order valence-electron chi connectivity index (χ4n) is 1.52. The number of ether oxygens (including phenoxy) is 1. The van der Waals surface area contributed by atoms with Crippen molar-refractivity contribution in [1.82, 2.24) is 0 Å². The molecule has 1 unspecified atom stereocenters. The molecule has 0 saturated heterocycles. The first-order valence-electron chi connectivity index (χ1n) is 5.88. The van der Waals surface area contributed by atoms with Crippen LogP contribution in [0.1, 0.15) is 25.8 Å². The molecule has 5 heteroatoms. The van der Waals surface area contributed by atoms with Gasteiger partial charge >= 0.3 is 5.97 Å². The molecule has 18 heavy (non-hydrogen) atoms. The van der Waals surface area contributed by atoms with Gasteiger partial charge in [0.05, 0.1) is 17.3 Å². The van der Waals surface area contributed by atoms with Crippen molar-refractivity contribution in [2.75, 3.05) is 11.9 Å². The summed E-state index contributed by atoms with van der Waals surface area (Å²) in [6.07, 6.45) is 0.612. The molecular formula is C13H17Cl2NO2. The van der Waals surface area contributed by atoms with Crippen LogP contribution in [0.5, 0.6) is 0 Å². The van der Waals surface area contributed by atoms with Gasteiger partial charge in [0.15, 0.2) is 0 Å². The van der Waals surface area contributed by atoms with Crippen LogP contribution < -0.4 is 5.32 Å². The molecule has 0 heterocycles. The van der Waals surface area contributed by atoms with Gasteiger partial charge in [-0.2, -0.15) is 0 Å². The number of nitrogens with one attached hydrogen (secondary N) is 1. The van der Waals surface area contributed by atoms with E-state index in [-0.39, 0.29) is 5.97 Å². The third kappa shape index (κ3) is 3.79. The van der Waals surface area contributed by atoms with E-state index in [0.717, 1.165) is 5.56 Å². The Morgan fingerprint density at radius 1 is 1.33 bits per heavy atom. The van der Waals surface area contributed by atoms with Gasteiger partial charge in [-0.05, 0) is 38.0 Å². The Balaban J connectivity index is 2.88. The highest BCUT2D eigenvalue weighted by Crippen LogP contribution is 2.29. The van der Waals surface area contributed by atoms with Crippen LogP contribution >= 0.6 is 23.2 Å². The van der Waals surface area contributed by atoms with E-state index in [1.165, 1.54) is 0 Å². The first-order valence-corrected chi connectivity index (χ1v) is 6.64. The molecule has 1 N–H and O–H groups in total. The molecule has 100 valence electrons. The highest BCUT2D eigenvalue weighted by atomic mass is 35.5. The van der Waals surface area contributed by atoms with E-state index in [1.54, 1.807) is 19.1 Å². The SMILES string of the molecule is CCOC(=O)C(CC)Nc1cc(Cl)c(C)cc1Cl. The lowest BCUT2D eigenvalue weighted by Gasteiger charge is -2.18. The van der Waals surface area contributed by atoms with Crippen molar-refractivity contribution in [3.05, 3.63) is 27.7 Å². The molecule has 0 fully saturated rings. The third-order valence-electron chi connectivity index (χ3n) is 2.56. The fourth-order valence-corrected chi connectivity index (χ4v) is 1.95. The van der Waals surface area contributed by atoms with E-state index in [2.05, 4.69) is 5.32 Å². The van der Waals surface area contributed by atoms with Crippen molar-refractivity contribution >= 4 is 34.9 Å². The van der Waals surface area contributed by atoms with Gasteiger partial charge < -0.3 is 10.1 Å². The maximum Gasteiger partial charge on any atom is 0.328 e. The molecule has 0 bridgehead atoms. The van der Waals surface area contributed by atoms with Crippen molar-refractivity contribution in [2.24, 2.45) is 0 Å². The van der Waals surface area contributed by atoms with Crippen LogP contribution in [0.3, 0.4) is 0 Å². The number of esters is 1. The number of carbonyl (C=O) groups excluding carboxylic acids is 1. The highest BCUT2D eigenvalue weighted by Gasteiger charge is 2.18. The molecule has 0 radical (unpaired) electrons. The summed E-state index contributed by atoms with van der Waals surface area (Å²) < 4.78 is 4.98. The molecule has 1 atom stereocenters. The van der Waals surface area contributed by atoms with Crippen molar-refractivity contribution in [1.29, 1.82) is 0 Å². The zero-order chi connectivity index (χ0) is 13.7. The van der Waals surface area contributed by atoms with Gasteiger partial charge in [-0.15, -0.1) is 0 Å². The predicted molar refractivity (Wildman–Crippen MR) is 75.5 cm³/mol. The molecule has 1 rings (SSSR count). The Labute approximate surface area is 117 Å². The van der Waals surface area contributed by atoms with E-state index in [1.807, 2.05) is 13.8 Å². The largest absolute Gasteiger partial charge is 0.464 e. The Hall–Kier alpha value is -0.930. The second-order valence-corrected chi connectivity index (χ2v) is 4.75. The molecule has 0 aliphatic rings. The number of rotatable bonds is 5. The number of aryl methyl sites for hydroxylation is 1. The number of hydrogen-bond acceptors (Lipinski definition) is 3. The minimum Gasteiger partial charge on any atom is -0.464 e. The summed E-state index contributed by atoms with van der Waals surface area (Å²) in [5.74, 6) is -0.284. The fraction of sp³-hybridized carbons (Fsp3) is 0.462. The van der Waals surface area contributed by atoms with E-state index in [4.69, 9.17) is 27.9 Å². The van der Waals surface area contributed by atoms with Crippen LogP contribution in [0, 0.1) is 6.92 Å². The van der Waals surface area contributed by atoms with Gasteiger partial charge in [-0.3, -0.25) is 0 Å². The summed E-state index contributed by atoms with van der Waals surface area (Å²) in [6.45, 7) is 5.92. The Kier molecular flexibility index (Phi) is 5.76. The Morgan fingerprint density at radius 2 is 2.00 bits per heavy atom. The van der Waals surface area contributed by atoms with E-state index in [9.17, 15) is 4.79 Å². The molecule has 1 aromatic carbocycles. The lowest BCUT2D eigenvalue weighted by molar-refractivity contribution is -0.144. The van der Waals surface area contributed by atoms with Gasteiger partial charge in [0.1, 0.15) is 6.04 Å². The van der Waals surface area contributed by atoms with Gasteiger partial charge in [0, 0.05) is 5.02 Å². The van der Waals surface area contributed by atoms with Crippen LogP contribution in [0.4, 0.5) is 5.69 Å². The third-order valence-corrected chi connectivity index (χ3v) is 3.28. The van der Waals surface area contributed by atoms with Gasteiger partial charge in [0.2, 0.25) is 0 Å². The second-order valence-electron chi connectivity index (χ2n) is 3.94. The first-order chi connectivity index (χ1) is 8.49. The Bertz CT molecular complexity index is 435. The highest BCUT2D eigenvalue weighted by molar-refractivity contribution is 6.35. The molecule has 3 nitrogen and oxygen atoms in total. The van der Waals surface area contributed by atoms with E-state index < -0.39 is 6.04 Å². The topological polar surface area (TPSA) is 38.3 Å². The lowest BCUT2D eigenvalue weighted by Crippen LogP contribution is -2.30. The molecule has 0 aromatic heterocycles. The average molecular weight is 290 g/mol. The van der Waals surface area contributed by atoms with Crippen molar-refractivity contribution in [2.45, 2.75) is 33.2 Å². The molecule has 0 spiro atoms. The first kappa shape index (κ1) is 15.1. The minimum absolute atomic E-state index is 0.284. The number of benzene rings is 1. The number of carbonyl (C=O) groups is 1. The van der Waals surface area contributed by atoms with Crippen LogP contribution in [-0.2, 0) is 9.53 Å². The predicted octanol–water partition coefficient (Wildman–Crippen LogP) is 4.06. The van der Waals surface area contributed by atoms with Crippen LogP contribution in [0.15, 0.2) is 12.1 Å². The normalized spacial score (nSPS) is 12.1. The summed E-state index contributed by atoms with van der Waals surface area (Å²) in [7, 11) is 0. The molecule has 0 aliphatic carbocycles. The molecule has 0 aliphatic heterocycles. The summed E-state index contributed by atoms with van der Waals surface area (Å²) in [5, 5.41) is 4.21. The van der Waals surface area contributed by atoms with E-state index >= 15 is 0 Å². The van der Waals surface area contributed by atoms with Gasteiger partial charge in [0.25, 0.3) is 0 Å². The molecule has 1 aromatic rings. The Morgan fingerprint density at radius 3 is 2.56 bits per heavy atom. The maximum absolute atomic E-state index is 11.7. The molecular weight excluding hydrogens is 273 g/mol. The standard InChI is InChI=1S/C13H17Cl2NO2/c1-4-11(13(17)18-5-2)16-12-7-9(14)8(3)6-10(12)15/h6-7,11,16H,4-5H2,1-3H3. The molecule has 0 saturated carbocycles. The summed E-state index contributed by atoms with van der Waals surface area (Å²) in [5.41, 5.74) is 1.54. The van der Waals surface area contributed by atoms with Crippen molar-refractivity contribution in [3.63, 3.8) is 0 Å². The number of hydrogen-bond donors (Lipinski definition) is 1. The monoisotopic (exact) mass is 289 g/mol. The van der Waals surface area contributed by atoms with Crippen molar-refractivity contribution in [3.8, 4) is 0 Å². The van der Waals surface area contributed by atoms with E-state index in [0.29, 0.717) is 28.8 Å². The second kappa shape index (κ2) is 6.86. The smallest absolute Gasteiger partial charge is 0.328 e. The quantitative estimate of drug-likeness (QED) is 0.831. The summed E-state index contributed by atoms with van der Waals surface area (Å²) in [6, 6.07) is 3.08.